The first kappa shape index (κ1) is 17.2. The minimum Gasteiger partial charge on any atom is -0.496 e. The summed E-state index contributed by atoms with van der Waals surface area (Å²) in [5, 5.41) is 0. The highest BCUT2D eigenvalue weighted by atomic mass is 16.5. The van der Waals surface area contributed by atoms with Gasteiger partial charge in [0.2, 0.25) is 0 Å². The molecule has 2 heterocycles. The first-order valence-corrected chi connectivity index (χ1v) is 8.90. The Morgan fingerprint density at radius 3 is 2.38 bits per heavy atom. The van der Waals surface area contributed by atoms with Crippen LogP contribution in [0.1, 0.15) is 37.0 Å². The molecule has 0 aliphatic carbocycles. The molecule has 5 heteroatoms. The average Bonchev–Trinajstić information content (AvgIpc) is 2.60. The summed E-state index contributed by atoms with van der Waals surface area (Å²) >= 11 is 0. The first-order valence-electron chi connectivity index (χ1n) is 8.90. The van der Waals surface area contributed by atoms with Crippen molar-refractivity contribution in [2.45, 2.75) is 44.9 Å². The van der Waals surface area contributed by atoms with Gasteiger partial charge in [-0.2, -0.15) is 0 Å². The van der Waals surface area contributed by atoms with Crippen LogP contribution in [0.5, 0.6) is 5.75 Å². The van der Waals surface area contributed by atoms with Gasteiger partial charge in [0.05, 0.1) is 24.9 Å². The maximum absolute atomic E-state index is 12.8. The zero-order chi connectivity index (χ0) is 17.1. The van der Waals surface area contributed by atoms with Crippen molar-refractivity contribution in [2.75, 3.05) is 33.3 Å². The van der Waals surface area contributed by atoms with E-state index in [2.05, 4.69) is 18.7 Å². The van der Waals surface area contributed by atoms with Crippen LogP contribution in [0.2, 0.25) is 0 Å². The van der Waals surface area contributed by atoms with Crippen molar-refractivity contribution in [1.82, 2.24) is 9.80 Å². The lowest BCUT2D eigenvalue weighted by atomic mass is 10.0. The molecular formula is C19H28N2O3. The number of ether oxygens (including phenoxy) is 2. The Balaban J connectivity index is 1.59. The van der Waals surface area contributed by atoms with Gasteiger partial charge in [0.1, 0.15) is 5.75 Å². The molecule has 1 aromatic rings. The lowest BCUT2D eigenvalue weighted by molar-refractivity contribution is -0.0856. The lowest BCUT2D eigenvalue weighted by Crippen LogP contribution is -2.53. The van der Waals surface area contributed by atoms with Crippen LogP contribution in [0.25, 0.3) is 0 Å². The van der Waals surface area contributed by atoms with Crippen LogP contribution in [-0.4, -0.2) is 67.2 Å². The third-order valence-corrected chi connectivity index (χ3v) is 5.05. The predicted octanol–water partition coefficient (Wildman–Crippen LogP) is 2.41. The van der Waals surface area contributed by atoms with Crippen molar-refractivity contribution in [1.29, 1.82) is 0 Å². The molecule has 2 fully saturated rings. The van der Waals surface area contributed by atoms with Crippen molar-refractivity contribution in [3.63, 3.8) is 0 Å². The van der Waals surface area contributed by atoms with Crippen molar-refractivity contribution in [2.24, 2.45) is 0 Å². The molecule has 3 rings (SSSR count). The third-order valence-electron chi connectivity index (χ3n) is 5.05. The van der Waals surface area contributed by atoms with Crippen LogP contribution in [0, 0.1) is 0 Å². The summed E-state index contributed by atoms with van der Waals surface area (Å²) in [6, 6.07) is 8.02. The summed E-state index contributed by atoms with van der Waals surface area (Å²) in [5.41, 5.74) is 0.659. The van der Waals surface area contributed by atoms with Gasteiger partial charge < -0.3 is 14.4 Å². The molecule has 24 heavy (non-hydrogen) atoms. The number of carbonyl (C=O) groups excluding carboxylic acids is 1. The van der Waals surface area contributed by atoms with E-state index in [9.17, 15) is 4.79 Å². The summed E-state index contributed by atoms with van der Waals surface area (Å²) in [6.07, 6.45) is 2.64. The molecular weight excluding hydrogens is 304 g/mol. The van der Waals surface area contributed by atoms with Crippen molar-refractivity contribution in [3.8, 4) is 5.75 Å². The first-order chi connectivity index (χ1) is 11.6. The number of methoxy groups -OCH3 is 1. The summed E-state index contributed by atoms with van der Waals surface area (Å²) < 4.78 is 11.2. The Bertz CT molecular complexity index is 559. The van der Waals surface area contributed by atoms with E-state index < -0.39 is 0 Å². The molecule has 0 radical (unpaired) electrons. The summed E-state index contributed by atoms with van der Waals surface area (Å²) in [4.78, 5) is 17.3. The van der Waals surface area contributed by atoms with E-state index in [0.29, 0.717) is 29.6 Å². The fraction of sp³-hybridized carbons (Fsp3) is 0.632. The van der Waals surface area contributed by atoms with Gasteiger partial charge in [-0.05, 0) is 38.8 Å². The van der Waals surface area contributed by atoms with Crippen LogP contribution < -0.4 is 4.74 Å². The molecule has 5 nitrogen and oxygen atoms in total. The monoisotopic (exact) mass is 332 g/mol. The fourth-order valence-electron chi connectivity index (χ4n) is 3.94. The summed E-state index contributed by atoms with van der Waals surface area (Å²) in [5.74, 6) is 0.732. The molecule has 0 saturated carbocycles. The Kier molecular flexibility index (Phi) is 5.41. The number of hydrogen-bond acceptors (Lipinski definition) is 4. The van der Waals surface area contributed by atoms with Gasteiger partial charge in [0.15, 0.2) is 0 Å². The maximum atomic E-state index is 12.8. The molecule has 2 aliphatic heterocycles. The number of hydrogen-bond donors (Lipinski definition) is 0. The Morgan fingerprint density at radius 2 is 1.75 bits per heavy atom. The van der Waals surface area contributed by atoms with E-state index in [1.54, 1.807) is 7.11 Å². The van der Waals surface area contributed by atoms with Gasteiger partial charge in [0, 0.05) is 32.2 Å². The van der Waals surface area contributed by atoms with E-state index in [-0.39, 0.29) is 5.91 Å². The minimum atomic E-state index is 0.0783. The summed E-state index contributed by atoms with van der Waals surface area (Å²) in [7, 11) is 1.61. The number of nitrogens with zero attached hydrogens (tertiary/aromatic N) is 2. The zero-order valence-corrected chi connectivity index (χ0v) is 14.9. The second-order valence-corrected chi connectivity index (χ2v) is 6.93. The van der Waals surface area contributed by atoms with E-state index in [4.69, 9.17) is 9.47 Å². The standard InChI is InChI=1S/C19H28N2O3/c1-14-12-21(13-15(2)24-14)16-8-10-20(11-9-16)19(22)17-6-4-5-7-18(17)23-3/h4-7,14-16H,8-13H2,1-3H3. The number of rotatable bonds is 3. The molecule has 1 amide bonds. The van der Waals surface area contributed by atoms with Gasteiger partial charge in [-0.15, -0.1) is 0 Å². The van der Waals surface area contributed by atoms with Gasteiger partial charge in [-0.25, -0.2) is 0 Å². The van der Waals surface area contributed by atoms with Gasteiger partial charge in [0.25, 0.3) is 5.91 Å². The predicted molar refractivity (Wildman–Crippen MR) is 93.5 cm³/mol. The Labute approximate surface area is 144 Å². The molecule has 132 valence electrons. The van der Waals surface area contributed by atoms with Crippen LogP contribution >= 0.6 is 0 Å². The molecule has 2 saturated heterocycles. The molecule has 2 atom stereocenters. The van der Waals surface area contributed by atoms with Gasteiger partial charge in [-0.1, -0.05) is 12.1 Å². The van der Waals surface area contributed by atoms with Crippen LogP contribution in [0.4, 0.5) is 0 Å². The normalized spacial score (nSPS) is 26.4. The van der Waals surface area contributed by atoms with Crippen LogP contribution in [-0.2, 0) is 4.74 Å². The molecule has 2 unspecified atom stereocenters. The topological polar surface area (TPSA) is 42.0 Å². The maximum Gasteiger partial charge on any atom is 0.257 e. The van der Waals surface area contributed by atoms with E-state index in [0.717, 1.165) is 39.0 Å². The number of benzene rings is 1. The van der Waals surface area contributed by atoms with Crippen molar-refractivity contribution >= 4 is 5.91 Å². The number of piperidine rings is 1. The highest BCUT2D eigenvalue weighted by molar-refractivity contribution is 5.97. The van der Waals surface area contributed by atoms with Crippen LogP contribution in [0.3, 0.4) is 0 Å². The number of morpholine rings is 1. The number of amides is 1. The Hall–Kier alpha value is -1.59. The van der Waals surface area contributed by atoms with Gasteiger partial charge >= 0.3 is 0 Å². The quantitative estimate of drug-likeness (QED) is 0.852. The molecule has 2 aliphatic rings. The minimum absolute atomic E-state index is 0.0783. The highest BCUT2D eigenvalue weighted by Crippen LogP contribution is 2.24. The molecule has 1 aromatic carbocycles. The van der Waals surface area contributed by atoms with E-state index in [1.165, 1.54) is 0 Å². The number of para-hydroxylation sites is 1. The van der Waals surface area contributed by atoms with Crippen LogP contribution in [0.15, 0.2) is 24.3 Å². The second kappa shape index (κ2) is 7.53. The van der Waals surface area contributed by atoms with E-state index in [1.807, 2.05) is 29.2 Å². The molecule has 0 spiro atoms. The third kappa shape index (κ3) is 3.73. The second-order valence-electron chi connectivity index (χ2n) is 6.93. The van der Waals surface area contributed by atoms with Crippen molar-refractivity contribution < 1.29 is 14.3 Å². The molecule has 0 aromatic heterocycles. The fourth-order valence-corrected chi connectivity index (χ4v) is 3.94. The Morgan fingerprint density at radius 1 is 1.12 bits per heavy atom. The van der Waals surface area contributed by atoms with Gasteiger partial charge in [-0.3, -0.25) is 9.69 Å². The smallest absolute Gasteiger partial charge is 0.257 e. The average molecular weight is 332 g/mol. The number of likely N-dealkylation sites (tertiary alicyclic amines) is 1. The SMILES string of the molecule is COc1ccccc1C(=O)N1CCC(N2CC(C)OC(C)C2)CC1. The number of carbonyl (C=O) groups is 1. The molecule has 0 N–H and O–H groups in total. The lowest BCUT2D eigenvalue weighted by Gasteiger charge is -2.43. The zero-order valence-electron chi connectivity index (χ0n) is 14.9. The largest absolute Gasteiger partial charge is 0.496 e. The highest BCUT2D eigenvalue weighted by Gasteiger charge is 2.32. The van der Waals surface area contributed by atoms with E-state index >= 15 is 0 Å². The van der Waals surface area contributed by atoms with Crippen molar-refractivity contribution in [3.05, 3.63) is 29.8 Å². The summed E-state index contributed by atoms with van der Waals surface area (Å²) in [6.45, 7) is 7.89. The molecule has 0 bridgehead atoms.